The lowest BCUT2D eigenvalue weighted by molar-refractivity contribution is 0.102. The zero-order valence-electron chi connectivity index (χ0n) is 17.7. The second-order valence-electron chi connectivity index (χ2n) is 7.74. The molecule has 0 unspecified atom stereocenters. The number of halogens is 1. The van der Waals surface area contributed by atoms with Gasteiger partial charge < -0.3 is 14.8 Å². The van der Waals surface area contributed by atoms with Crippen molar-refractivity contribution in [2.75, 3.05) is 12.4 Å². The predicted octanol–water partition coefficient (Wildman–Crippen LogP) is 5.48. The minimum Gasteiger partial charge on any atom is -0.493 e. The van der Waals surface area contributed by atoms with Crippen molar-refractivity contribution >= 4 is 23.2 Å². The number of aromatic nitrogens is 2. The number of benzene rings is 2. The van der Waals surface area contributed by atoms with Crippen molar-refractivity contribution in [1.29, 1.82) is 0 Å². The van der Waals surface area contributed by atoms with Crippen LogP contribution in [0, 0.1) is 6.92 Å². The van der Waals surface area contributed by atoms with E-state index in [4.69, 9.17) is 21.1 Å². The standard InChI is InChI=1S/C24H26ClN3O3/c1-16-22(23(25)28(27-16)15-17-8-4-3-5-9-17)24(29)26-18-12-13-20(30-2)21(14-18)31-19-10-6-7-11-19/h3-5,8-9,12-14,19H,6-7,10-11,15H2,1-2H3,(H,26,29). The summed E-state index contributed by atoms with van der Waals surface area (Å²) in [6, 6.07) is 15.3. The molecule has 1 saturated carbocycles. The normalized spacial score (nSPS) is 13.9. The maximum Gasteiger partial charge on any atom is 0.260 e. The molecule has 6 nitrogen and oxygen atoms in total. The SMILES string of the molecule is COc1ccc(NC(=O)c2c(C)nn(Cc3ccccc3)c2Cl)cc1OC1CCCC1. The maximum atomic E-state index is 13.0. The van der Waals surface area contributed by atoms with Gasteiger partial charge in [0, 0.05) is 11.8 Å². The zero-order chi connectivity index (χ0) is 21.8. The van der Waals surface area contributed by atoms with Gasteiger partial charge in [-0.25, -0.2) is 4.68 Å². The van der Waals surface area contributed by atoms with Crippen LogP contribution in [0.3, 0.4) is 0 Å². The van der Waals surface area contributed by atoms with Crippen molar-refractivity contribution in [2.24, 2.45) is 0 Å². The number of carbonyl (C=O) groups excluding carboxylic acids is 1. The Morgan fingerprint density at radius 3 is 2.61 bits per heavy atom. The Balaban J connectivity index is 1.52. The van der Waals surface area contributed by atoms with Crippen molar-refractivity contribution in [3.63, 3.8) is 0 Å². The third-order valence-electron chi connectivity index (χ3n) is 5.48. The van der Waals surface area contributed by atoms with E-state index in [1.165, 1.54) is 12.8 Å². The average molecular weight is 440 g/mol. The van der Waals surface area contributed by atoms with Crippen molar-refractivity contribution in [1.82, 2.24) is 9.78 Å². The summed E-state index contributed by atoms with van der Waals surface area (Å²) in [5, 5.41) is 7.70. The van der Waals surface area contributed by atoms with Crippen LogP contribution in [0.4, 0.5) is 5.69 Å². The number of ether oxygens (including phenoxy) is 2. The van der Waals surface area contributed by atoms with E-state index in [0.717, 1.165) is 18.4 Å². The highest BCUT2D eigenvalue weighted by molar-refractivity contribution is 6.33. The summed E-state index contributed by atoms with van der Waals surface area (Å²) in [4.78, 5) is 13.0. The number of hydrogen-bond acceptors (Lipinski definition) is 4. The van der Waals surface area contributed by atoms with E-state index in [1.807, 2.05) is 30.3 Å². The van der Waals surface area contributed by atoms with E-state index in [0.29, 0.717) is 40.1 Å². The summed E-state index contributed by atoms with van der Waals surface area (Å²) < 4.78 is 13.2. The lowest BCUT2D eigenvalue weighted by atomic mass is 10.2. The molecule has 31 heavy (non-hydrogen) atoms. The summed E-state index contributed by atoms with van der Waals surface area (Å²) in [5.74, 6) is 0.975. The molecule has 1 fully saturated rings. The molecule has 7 heteroatoms. The number of hydrogen-bond donors (Lipinski definition) is 1. The van der Waals surface area contributed by atoms with Gasteiger partial charge >= 0.3 is 0 Å². The molecule has 1 heterocycles. The third-order valence-corrected chi connectivity index (χ3v) is 5.87. The van der Waals surface area contributed by atoms with E-state index < -0.39 is 0 Å². The summed E-state index contributed by atoms with van der Waals surface area (Å²) in [6.45, 7) is 2.28. The van der Waals surface area contributed by atoms with Crippen LogP contribution < -0.4 is 14.8 Å². The Morgan fingerprint density at radius 1 is 1.16 bits per heavy atom. The van der Waals surface area contributed by atoms with Crippen LogP contribution in [0.25, 0.3) is 0 Å². The first-order chi connectivity index (χ1) is 15.0. The molecule has 0 saturated heterocycles. The second-order valence-corrected chi connectivity index (χ2v) is 8.10. The van der Waals surface area contributed by atoms with E-state index >= 15 is 0 Å². The molecule has 1 aliphatic carbocycles. The fourth-order valence-corrected chi connectivity index (χ4v) is 4.22. The largest absolute Gasteiger partial charge is 0.493 e. The highest BCUT2D eigenvalue weighted by atomic mass is 35.5. The molecule has 162 valence electrons. The van der Waals surface area contributed by atoms with Gasteiger partial charge in [0.1, 0.15) is 5.15 Å². The van der Waals surface area contributed by atoms with Gasteiger partial charge in [-0.05, 0) is 50.3 Å². The number of aryl methyl sites for hydroxylation is 1. The van der Waals surface area contributed by atoms with Crippen LogP contribution >= 0.6 is 11.6 Å². The van der Waals surface area contributed by atoms with Crippen LogP contribution in [0.1, 0.15) is 47.3 Å². The van der Waals surface area contributed by atoms with Crippen LogP contribution in [0.2, 0.25) is 5.15 Å². The van der Waals surface area contributed by atoms with Crippen molar-refractivity contribution in [3.05, 3.63) is 70.5 Å². The molecule has 1 aromatic heterocycles. The van der Waals surface area contributed by atoms with Crippen molar-refractivity contribution in [2.45, 2.75) is 45.3 Å². The molecular weight excluding hydrogens is 414 g/mol. The van der Waals surface area contributed by atoms with Gasteiger partial charge in [0.15, 0.2) is 11.5 Å². The van der Waals surface area contributed by atoms with E-state index in [9.17, 15) is 4.79 Å². The van der Waals surface area contributed by atoms with Gasteiger partial charge in [0.25, 0.3) is 5.91 Å². The molecule has 4 rings (SSSR count). The summed E-state index contributed by atoms with van der Waals surface area (Å²) >= 11 is 6.53. The topological polar surface area (TPSA) is 65.4 Å². The minimum absolute atomic E-state index is 0.188. The number of rotatable bonds is 7. The Hall–Kier alpha value is -2.99. The van der Waals surface area contributed by atoms with Crippen molar-refractivity contribution in [3.8, 4) is 11.5 Å². The Labute approximate surface area is 187 Å². The monoisotopic (exact) mass is 439 g/mol. The van der Waals surface area contributed by atoms with Crippen LogP contribution in [-0.2, 0) is 6.54 Å². The molecule has 3 aromatic rings. The van der Waals surface area contributed by atoms with Crippen molar-refractivity contribution < 1.29 is 14.3 Å². The van der Waals surface area contributed by atoms with Crippen LogP contribution in [-0.4, -0.2) is 28.9 Å². The van der Waals surface area contributed by atoms with Crippen LogP contribution in [0.15, 0.2) is 48.5 Å². The molecule has 1 aliphatic rings. The third kappa shape index (κ3) is 4.85. The van der Waals surface area contributed by atoms with Crippen LogP contribution in [0.5, 0.6) is 11.5 Å². The van der Waals surface area contributed by atoms with Gasteiger partial charge in [0.2, 0.25) is 0 Å². The quantitative estimate of drug-likeness (QED) is 0.529. The lowest BCUT2D eigenvalue weighted by Gasteiger charge is -2.17. The highest BCUT2D eigenvalue weighted by Crippen LogP contribution is 2.34. The molecule has 2 aromatic carbocycles. The number of carbonyl (C=O) groups is 1. The molecule has 1 amide bonds. The fourth-order valence-electron chi connectivity index (χ4n) is 3.90. The number of amides is 1. The van der Waals surface area contributed by atoms with E-state index in [2.05, 4.69) is 10.4 Å². The molecule has 1 N–H and O–H groups in total. The molecule has 0 atom stereocenters. The Bertz CT molecular complexity index is 1060. The van der Waals surface area contributed by atoms with Gasteiger partial charge in [-0.2, -0.15) is 5.10 Å². The maximum absolute atomic E-state index is 13.0. The van der Waals surface area contributed by atoms with E-state index in [-0.39, 0.29) is 12.0 Å². The Morgan fingerprint density at radius 2 is 1.90 bits per heavy atom. The zero-order valence-corrected chi connectivity index (χ0v) is 18.5. The molecule has 0 aliphatic heterocycles. The lowest BCUT2D eigenvalue weighted by Crippen LogP contribution is -2.15. The fraction of sp³-hybridized carbons (Fsp3) is 0.333. The molecule has 0 bridgehead atoms. The van der Waals surface area contributed by atoms with Gasteiger partial charge in [-0.15, -0.1) is 0 Å². The first-order valence-electron chi connectivity index (χ1n) is 10.5. The highest BCUT2D eigenvalue weighted by Gasteiger charge is 2.22. The number of nitrogens with zero attached hydrogens (tertiary/aromatic N) is 2. The number of anilines is 1. The summed E-state index contributed by atoms with van der Waals surface area (Å²) in [7, 11) is 1.61. The van der Waals surface area contributed by atoms with Gasteiger partial charge in [-0.1, -0.05) is 41.9 Å². The molecule has 0 spiro atoms. The summed E-state index contributed by atoms with van der Waals surface area (Å²) in [5.41, 5.74) is 2.62. The molecular formula is C24H26ClN3O3. The number of methoxy groups -OCH3 is 1. The summed E-state index contributed by atoms with van der Waals surface area (Å²) in [6.07, 6.45) is 4.61. The molecule has 0 radical (unpaired) electrons. The number of nitrogens with one attached hydrogen (secondary N) is 1. The first-order valence-corrected chi connectivity index (χ1v) is 10.9. The smallest absolute Gasteiger partial charge is 0.260 e. The van der Waals surface area contributed by atoms with Gasteiger partial charge in [0.05, 0.1) is 31.0 Å². The predicted molar refractivity (Wildman–Crippen MR) is 121 cm³/mol. The minimum atomic E-state index is -0.307. The average Bonchev–Trinajstić information content (AvgIpc) is 3.36. The van der Waals surface area contributed by atoms with Gasteiger partial charge in [-0.3, -0.25) is 4.79 Å². The van der Waals surface area contributed by atoms with E-state index in [1.54, 1.807) is 36.9 Å². The first kappa shape index (κ1) is 21.2. The Kier molecular flexibility index (Phi) is 6.47. The second kappa shape index (κ2) is 9.43.